The number of halogens is 1. The minimum Gasteiger partial charge on any atom is -0.316 e. The fourth-order valence-corrected chi connectivity index (χ4v) is 2.44. The van der Waals surface area contributed by atoms with Gasteiger partial charge < -0.3 is 5.32 Å². The van der Waals surface area contributed by atoms with E-state index in [0.29, 0.717) is 0 Å². The molecule has 0 aromatic heterocycles. The summed E-state index contributed by atoms with van der Waals surface area (Å²) in [5.41, 5.74) is 0.821. The minimum atomic E-state index is -0.0785. The molecule has 0 radical (unpaired) electrons. The van der Waals surface area contributed by atoms with Crippen LogP contribution in [0.5, 0.6) is 0 Å². The Morgan fingerprint density at radius 3 is 2.69 bits per heavy atom. The van der Waals surface area contributed by atoms with Gasteiger partial charge in [0.05, 0.1) is 0 Å². The Labute approximate surface area is 97.1 Å². The van der Waals surface area contributed by atoms with Crippen LogP contribution in [-0.2, 0) is 6.42 Å². The molecule has 0 atom stereocenters. The number of hydrogen-bond acceptors (Lipinski definition) is 1. The molecule has 1 aliphatic carbocycles. The molecule has 16 heavy (non-hydrogen) atoms. The Bertz CT molecular complexity index is 318. The summed E-state index contributed by atoms with van der Waals surface area (Å²) < 4.78 is 13.3. The lowest BCUT2D eigenvalue weighted by Crippen LogP contribution is -2.23. The molecule has 2 rings (SSSR count). The van der Waals surface area contributed by atoms with E-state index in [9.17, 15) is 4.39 Å². The molecule has 2 heteroatoms. The van der Waals surface area contributed by atoms with Crippen molar-refractivity contribution in [2.45, 2.75) is 32.1 Å². The highest BCUT2D eigenvalue weighted by molar-refractivity contribution is 5.17. The molecule has 1 N–H and O–H groups in total. The van der Waals surface area contributed by atoms with E-state index in [4.69, 9.17) is 0 Å². The topological polar surface area (TPSA) is 12.0 Å². The first-order valence-electron chi connectivity index (χ1n) is 6.30. The summed E-state index contributed by atoms with van der Waals surface area (Å²) in [6.45, 7) is 1.99. The van der Waals surface area contributed by atoms with Crippen molar-refractivity contribution in [3.8, 4) is 0 Å². The van der Waals surface area contributed by atoms with Gasteiger partial charge in [-0.3, -0.25) is 0 Å². The first kappa shape index (κ1) is 11.6. The van der Waals surface area contributed by atoms with Gasteiger partial charge in [-0.05, 0) is 49.9 Å². The molecular weight excluding hydrogens is 201 g/mol. The molecule has 0 saturated heterocycles. The van der Waals surface area contributed by atoms with E-state index in [0.717, 1.165) is 31.0 Å². The van der Waals surface area contributed by atoms with Crippen LogP contribution < -0.4 is 5.32 Å². The highest BCUT2D eigenvalue weighted by atomic mass is 19.1. The van der Waals surface area contributed by atoms with E-state index in [1.54, 1.807) is 6.07 Å². The molecule has 0 bridgehead atoms. The Kier molecular flexibility index (Phi) is 4.34. The van der Waals surface area contributed by atoms with Gasteiger partial charge in [0.2, 0.25) is 0 Å². The molecule has 1 fully saturated rings. The van der Waals surface area contributed by atoms with Crippen molar-refractivity contribution >= 4 is 0 Å². The third-order valence-corrected chi connectivity index (χ3v) is 3.44. The van der Waals surface area contributed by atoms with Crippen LogP contribution in [-0.4, -0.2) is 13.1 Å². The standard InChI is InChI=1S/C14H20FN/c15-14-8-4-3-7-13(14)9-10-16-11-12-5-1-2-6-12/h3-4,7-8,12,16H,1-2,5-6,9-11H2. The number of hydrogen-bond donors (Lipinski definition) is 1. The average molecular weight is 221 g/mol. The van der Waals surface area contributed by atoms with E-state index in [2.05, 4.69) is 5.32 Å². The molecule has 1 aliphatic rings. The zero-order chi connectivity index (χ0) is 11.2. The van der Waals surface area contributed by atoms with Crippen molar-refractivity contribution < 1.29 is 4.39 Å². The van der Waals surface area contributed by atoms with Crippen LogP contribution in [0.2, 0.25) is 0 Å². The first-order valence-corrected chi connectivity index (χ1v) is 6.30. The van der Waals surface area contributed by atoms with Crippen LogP contribution >= 0.6 is 0 Å². The Hall–Kier alpha value is -0.890. The maximum absolute atomic E-state index is 13.3. The van der Waals surface area contributed by atoms with Gasteiger partial charge in [0.1, 0.15) is 5.82 Å². The molecule has 0 heterocycles. The minimum absolute atomic E-state index is 0.0785. The lowest BCUT2D eigenvalue weighted by atomic mass is 10.1. The van der Waals surface area contributed by atoms with E-state index in [1.807, 2.05) is 12.1 Å². The Balaban J connectivity index is 1.66. The van der Waals surface area contributed by atoms with Crippen LogP contribution in [0.3, 0.4) is 0 Å². The quantitative estimate of drug-likeness (QED) is 0.753. The monoisotopic (exact) mass is 221 g/mol. The predicted octanol–water partition coefficient (Wildman–Crippen LogP) is 3.15. The van der Waals surface area contributed by atoms with Crippen LogP contribution in [0.1, 0.15) is 31.2 Å². The van der Waals surface area contributed by atoms with Crippen molar-refractivity contribution in [2.24, 2.45) is 5.92 Å². The average Bonchev–Trinajstić information content (AvgIpc) is 2.79. The molecule has 1 aromatic rings. The summed E-state index contributed by atoms with van der Waals surface area (Å²) in [6, 6.07) is 7.04. The summed E-state index contributed by atoms with van der Waals surface area (Å²) in [4.78, 5) is 0. The van der Waals surface area contributed by atoms with Crippen LogP contribution in [0.15, 0.2) is 24.3 Å². The van der Waals surface area contributed by atoms with Gasteiger partial charge in [-0.1, -0.05) is 31.0 Å². The zero-order valence-corrected chi connectivity index (χ0v) is 9.71. The fourth-order valence-electron chi connectivity index (χ4n) is 2.44. The molecule has 1 aromatic carbocycles. The summed E-state index contributed by atoms with van der Waals surface area (Å²) in [5.74, 6) is 0.783. The molecule has 0 amide bonds. The molecular formula is C14H20FN. The van der Waals surface area contributed by atoms with Gasteiger partial charge in [0.15, 0.2) is 0 Å². The van der Waals surface area contributed by atoms with Crippen LogP contribution in [0, 0.1) is 11.7 Å². The lowest BCUT2D eigenvalue weighted by molar-refractivity contribution is 0.489. The fraction of sp³-hybridized carbons (Fsp3) is 0.571. The number of benzene rings is 1. The predicted molar refractivity (Wildman–Crippen MR) is 64.9 cm³/mol. The summed E-state index contributed by atoms with van der Waals surface area (Å²) >= 11 is 0. The van der Waals surface area contributed by atoms with Gasteiger partial charge in [-0.15, -0.1) is 0 Å². The molecule has 88 valence electrons. The van der Waals surface area contributed by atoms with Gasteiger partial charge >= 0.3 is 0 Å². The smallest absolute Gasteiger partial charge is 0.126 e. The van der Waals surface area contributed by atoms with Crippen molar-refractivity contribution in [3.63, 3.8) is 0 Å². The molecule has 1 nitrogen and oxygen atoms in total. The Morgan fingerprint density at radius 2 is 1.94 bits per heavy atom. The Morgan fingerprint density at radius 1 is 1.19 bits per heavy atom. The van der Waals surface area contributed by atoms with E-state index >= 15 is 0 Å². The third kappa shape index (κ3) is 3.31. The van der Waals surface area contributed by atoms with E-state index < -0.39 is 0 Å². The second-order valence-electron chi connectivity index (χ2n) is 4.70. The molecule has 0 unspecified atom stereocenters. The van der Waals surface area contributed by atoms with Crippen molar-refractivity contribution in [2.75, 3.05) is 13.1 Å². The van der Waals surface area contributed by atoms with Gasteiger partial charge in [0, 0.05) is 0 Å². The third-order valence-electron chi connectivity index (χ3n) is 3.44. The second kappa shape index (κ2) is 6.00. The summed E-state index contributed by atoms with van der Waals surface area (Å²) in [6.07, 6.45) is 6.30. The van der Waals surface area contributed by atoms with Gasteiger partial charge in [-0.25, -0.2) is 4.39 Å². The molecule has 0 spiro atoms. The highest BCUT2D eigenvalue weighted by Gasteiger charge is 2.13. The molecule has 1 saturated carbocycles. The van der Waals surface area contributed by atoms with Crippen LogP contribution in [0.4, 0.5) is 4.39 Å². The normalized spacial score (nSPS) is 16.8. The highest BCUT2D eigenvalue weighted by Crippen LogP contribution is 2.23. The van der Waals surface area contributed by atoms with E-state index in [-0.39, 0.29) is 5.82 Å². The summed E-state index contributed by atoms with van der Waals surface area (Å²) in [7, 11) is 0. The van der Waals surface area contributed by atoms with E-state index in [1.165, 1.54) is 31.7 Å². The number of rotatable bonds is 5. The van der Waals surface area contributed by atoms with Crippen LogP contribution in [0.25, 0.3) is 0 Å². The lowest BCUT2D eigenvalue weighted by Gasteiger charge is -2.10. The van der Waals surface area contributed by atoms with Crippen molar-refractivity contribution in [3.05, 3.63) is 35.6 Å². The zero-order valence-electron chi connectivity index (χ0n) is 9.71. The van der Waals surface area contributed by atoms with Gasteiger partial charge in [-0.2, -0.15) is 0 Å². The second-order valence-corrected chi connectivity index (χ2v) is 4.70. The SMILES string of the molecule is Fc1ccccc1CCNCC1CCCC1. The van der Waals surface area contributed by atoms with Crippen molar-refractivity contribution in [1.29, 1.82) is 0 Å². The number of nitrogens with one attached hydrogen (secondary N) is 1. The molecule has 0 aliphatic heterocycles. The maximum Gasteiger partial charge on any atom is 0.126 e. The maximum atomic E-state index is 13.3. The van der Waals surface area contributed by atoms with Gasteiger partial charge in [0.25, 0.3) is 0 Å². The summed E-state index contributed by atoms with van der Waals surface area (Å²) in [5, 5.41) is 3.44. The largest absolute Gasteiger partial charge is 0.316 e. The van der Waals surface area contributed by atoms with Crippen molar-refractivity contribution in [1.82, 2.24) is 5.32 Å². The first-order chi connectivity index (χ1) is 7.86.